The van der Waals surface area contributed by atoms with Gasteiger partial charge in [0.15, 0.2) is 6.61 Å². The number of rotatable bonds is 7. The standard InChI is InChI=1S/C25H21N3O3/c1-18-9-5-7-13-22(18)28-25(30)20(16-26)15-19-10-6-8-14-23(19)31-17-24(29)27-21-11-3-2-4-12-21/h2-15H,17H2,1H3,(H,27,29)(H,28,30)/b20-15+. The number of benzene rings is 3. The second-order valence-corrected chi connectivity index (χ2v) is 6.68. The van der Waals surface area contributed by atoms with Gasteiger partial charge in [-0.25, -0.2) is 0 Å². The van der Waals surface area contributed by atoms with Crippen LogP contribution in [0, 0.1) is 18.3 Å². The fraction of sp³-hybridized carbons (Fsp3) is 0.0800. The van der Waals surface area contributed by atoms with E-state index in [-0.39, 0.29) is 18.1 Å². The van der Waals surface area contributed by atoms with E-state index in [9.17, 15) is 14.9 Å². The van der Waals surface area contributed by atoms with Gasteiger partial charge in [-0.2, -0.15) is 5.26 Å². The number of carbonyl (C=O) groups is 2. The third-order valence-electron chi connectivity index (χ3n) is 4.39. The Balaban J connectivity index is 1.71. The van der Waals surface area contributed by atoms with Crippen molar-refractivity contribution in [3.05, 3.63) is 95.6 Å². The van der Waals surface area contributed by atoms with Crippen molar-refractivity contribution in [1.82, 2.24) is 0 Å². The monoisotopic (exact) mass is 411 g/mol. The zero-order valence-corrected chi connectivity index (χ0v) is 17.0. The molecule has 6 nitrogen and oxygen atoms in total. The number of aryl methyl sites for hydroxylation is 1. The highest BCUT2D eigenvalue weighted by atomic mass is 16.5. The molecular formula is C25H21N3O3. The molecule has 2 amide bonds. The Hall–Kier alpha value is -4.37. The van der Waals surface area contributed by atoms with Crippen LogP contribution < -0.4 is 15.4 Å². The Bertz CT molecular complexity index is 1150. The molecule has 0 aliphatic rings. The van der Waals surface area contributed by atoms with Gasteiger partial charge >= 0.3 is 0 Å². The molecule has 0 heterocycles. The maximum absolute atomic E-state index is 12.6. The third-order valence-corrected chi connectivity index (χ3v) is 4.39. The minimum atomic E-state index is -0.520. The summed E-state index contributed by atoms with van der Waals surface area (Å²) in [7, 11) is 0. The van der Waals surface area contributed by atoms with Crippen molar-refractivity contribution in [1.29, 1.82) is 5.26 Å². The first-order chi connectivity index (χ1) is 15.1. The van der Waals surface area contributed by atoms with E-state index in [0.29, 0.717) is 22.7 Å². The number of amides is 2. The third kappa shape index (κ3) is 6.05. The van der Waals surface area contributed by atoms with Crippen LogP contribution in [-0.2, 0) is 9.59 Å². The summed E-state index contributed by atoms with van der Waals surface area (Å²) in [6, 6.07) is 25.2. The Kier molecular flexibility index (Phi) is 7.17. The molecule has 0 saturated heterocycles. The Morgan fingerprint density at radius 3 is 2.35 bits per heavy atom. The zero-order valence-electron chi connectivity index (χ0n) is 17.0. The molecule has 0 unspecified atom stereocenters. The van der Waals surface area contributed by atoms with Gasteiger partial charge in [0.05, 0.1) is 0 Å². The first kappa shape index (κ1) is 21.3. The lowest BCUT2D eigenvalue weighted by atomic mass is 10.1. The summed E-state index contributed by atoms with van der Waals surface area (Å²) in [6.45, 7) is 1.66. The molecule has 0 atom stereocenters. The molecule has 0 radical (unpaired) electrons. The lowest BCUT2D eigenvalue weighted by molar-refractivity contribution is -0.118. The van der Waals surface area contributed by atoms with Crippen LogP contribution in [0.15, 0.2) is 84.4 Å². The molecule has 3 rings (SSSR count). The first-order valence-electron chi connectivity index (χ1n) is 9.62. The summed E-state index contributed by atoms with van der Waals surface area (Å²) in [5, 5.41) is 15.0. The van der Waals surface area contributed by atoms with E-state index in [1.807, 2.05) is 49.4 Å². The molecule has 6 heteroatoms. The molecule has 3 aromatic carbocycles. The van der Waals surface area contributed by atoms with E-state index in [1.54, 1.807) is 42.5 Å². The second-order valence-electron chi connectivity index (χ2n) is 6.68. The molecule has 0 aromatic heterocycles. The quantitative estimate of drug-likeness (QED) is 0.440. The van der Waals surface area contributed by atoms with Crippen LogP contribution in [0.2, 0.25) is 0 Å². The highest BCUT2D eigenvalue weighted by Gasteiger charge is 2.13. The van der Waals surface area contributed by atoms with E-state index in [4.69, 9.17) is 4.74 Å². The van der Waals surface area contributed by atoms with Crippen molar-refractivity contribution in [2.75, 3.05) is 17.2 Å². The fourth-order valence-electron chi connectivity index (χ4n) is 2.80. The summed E-state index contributed by atoms with van der Waals surface area (Å²) in [6.07, 6.45) is 1.44. The zero-order chi connectivity index (χ0) is 22.1. The van der Waals surface area contributed by atoms with Crippen LogP contribution in [0.1, 0.15) is 11.1 Å². The lowest BCUT2D eigenvalue weighted by Crippen LogP contribution is -2.20. The average molecular weight is 411 g/mol. The molecule has 0 aliphatic heterocycles. The second kappa shape index (κ2) is 10.4. The van der Waals surface area contributed by atoms with Gasteiger partial charge in [-0.05, 0) is 42.8 Å². The molecule has 0 spiro atoms. The largest absolute Gasteiger partial charge is 0.483 e. The lowest BCUT2D eigenvalue weighted by Gasteiger charge is -2.11. The van der Waals surface area contributed by atoms with Crippen molar-refractivity contribution < 1.29 is 14.3 Å². The number of anilines is 2. The van der Waals surface area contributed by atoms with Gasteiger partial charge in [0, 0.05) is 16.9 Å². The Morgan fingerprint density at radius 1 is 0.935 bits per heavy atom. The fourth-order valence-corrected chi connectivity index (χ4v) is 2.80. The molecule has 0 fully saturated rings. The highest BCUT2D eigenvalue weighted by molar-refractivity contribution is 6.10. The number of hydrogen-bond acceptors (Lipinski definition) is 4. The number of nitrogens with zero attached hydrogens (tertiary/aromatic N) is 1. The Morgan fingerprint density at radius 2 is 1.61 bits per heavy atom. The molecule has 3 aromatic rings. The number of hydrogen-bond donors (Lipinski definition) is 2. The summed E-state index contributed by atoms with van der Waals surface area (Å²) in [5.41, 5.74) is 2.64. The maximum atomic E-state index is 12.6. The minimum Gasteiger partial charge on any atom is -0.483 e. The van der Waals surface area contributed by atoms with Crippen LogP contribution >= 0.6 is 0 Å². The number of carbonyl (C=O) groups excluding carboxylic acids is 2. The SMILES string of the molecule is Cc1ccccc1NC(=O)/C(C#N)=C/c1ccccc1OCC(=O)Nc1ccccc1. The van der Waals surface area contributed by atoms with Crippen LogP contribution in [0.25, 0.3) is 6.08 Å². The van der Waals surface area contributed by atoms with Crippen LogP contribution in [0.4, 0.5) is 11.4 Å². The molecule has 0 aliphatic carbocycles. The van der Waals surface area contributed by atoms with E-state index in [1.165, 1.54) is 6.08 Å². The van der Waals surface area contributed by atoms with Crippen molar-refractivity contribution in [3.63, 3.8) is 0 Å². The number of nitrogens with one attached hydrogen (secondary N) is 2. The predicted octanol–water partition coefficient (Wildman–Crippen LogP) is 4.56. The average Bonchev–Trinajstić information content (AvgIpc) is 2.79. The molecular weight excluding hydrogens is 390 g/mol. The van der Waals surface area contributed by atoms with Gasteiger partial charge < -0.3 is 15.4 Å². The van der Waals surface area contributed by atoms with Crippen molar-refractivity contribution in [2.45, 2.75) is 6.92 Å². The van der Waals surface area contributed by atoms with Crippen molar-refractivity contribution in [3.8, 4) is 11.8 Å². The van der Waals surface area contributed by atoms with E-state index < -0.39 is 5.91 Å². The van der Waals surface area contributed by atoms with Gasteiger partial charge in [0.25, 0.3) is 11.8 Å². The first-order valence-corrected chi connectivity index (χ1v) is 9.62. The maximum Gasteiger partial charge on any atom is 0.266 e. The van der Waals surface area contributed by atoms with E-state index in [0.717, 1.165) is 5.56 Å². The van der Waals surface area contributed by atoms with E-state index in [2.05, 4.69) is 10.6 Å². The highest BCUT2D eigenvalue weighted by Crippen LogP contribution is 2.22. The summed E-state index contributed by atoms with van der Waals surface area (Å²) >= 11 is 0. The summed E-state index contributed by atoms with van der Waals surface area (Å²) in [4.78, 5) is 24.7. The smallest absolute Gasteiger partial charge is 0.266 e. The molecule has 0 bridgehead atoms. The van der Waals surface area contributed by atoms with Gasteiger partial charge in [0.1, 0.15) is 17.4 Å². The summed E-state index contributed by atoms with van der Waals surface area (Å²) in [5.74, 6) is -0.446. The molecule has 0 saturated carbocycles. The van der Waals surface area contributed by atoms with Gasteiger partial charge in [0.2, 0.25) is 0 Å². The molecule has 154 valence electrons. The molecule has 2 N–H and O–H groups in total. The van der Waals surface area contributed by atoms with Gasteiger partial charge in [-0.15, -0.1) is 0 Å². The predicted molar refractivity (Wildman–Crippen MR) is 120 cm³/mol. The van der Waals surface area contributed by atoms with Crippen molar-refractivity contribution >= 4 is 29.3 Å². The topological polar surface area (TPSA) is 91.2 Å². The minimum absolute atomic E-state index is 0.0759. The van der Waals surface area contributed by atoms with Crippen molar-refractivity contribution in [2.24, 2.45) is 0 Å². The summed E-state index contributed by atoms with van der Waals surface area (Å²) < 4.78 is 5.64. The van der Waals surface area contributed by atoms with Gasteiger partial charge in [-0.3, -0.25) is 9.59 Å². The van der Waals surface area contributed by atoms with Gasteiger partial charge in [-0.1, -0.05) is 54.6 Å². The molecule has 31 heavy (non-hydrogen) atoms. The normalized spacial score (nSPS) is 10.6. The number of nitriles is 1. The number of ether oxygens (including phenoxy) is 1. The van der Waals surface area contributed by atoms with Crippen LogP contribution in [-0.4, -0.2) is 18.4 Å². The number of para-hydroxylation sites is 3. The van der Waals surface area contributed by atoms with Crippen LogP contribution in [0.5, 0.6) is 5.75 Å². The van der Waals surface area contributed by atoms with E-state index >= 15 is 0 Å². The Labute approximate surface area is 180 Å². The van der Waals surface area contributed by atoms with Crippen LogP contribution in [0.3, 0.4) is 0 Å².